The highest BCUT2D eigenvalue weighted by molar-refractivity contribution is 8.00. The standard InChI is InChI=1S/C41H40N8O4S2/c1-3-31(4-2)51-35-26-34-36(54-41(43-40(50)29-19-11-6-12-20-29)48(34)27-28-17-9-5-10-18-28)25-33(35)44-45-37-38(42)49(30-21-13-7-14-22-30)46-39(37)47-55-53-52-32-23-15-8-16-24-32/h5-26,31,41H,3-4,27,42H2,1-2H3,(H,43,50)(H,46,47). The number of thioether (sulfide) groups is 1. The number of anilines is 3. The zero-order chi connectivity index (χ0) is 38.0. The number of nitrogens with two attached hydrogens (primary N) is 1. The van der Waals surface area contributed by atoms with Gasteiger partial charge in [0.25, 0.3) is 5.91 Å². The van der Waals surface area contributed by atoms with Crippen LogP contribution in [0, 0.1) is 0 Å². The third-order valence-corrected chi connectivity index (χ3v) is 10.4. The Kier molecular flexibility index (Phi) is 12.2. The van der Waals surface area contributed by atoms with Gasteiger partial charge in [-0.1, -0.05) is 115 Å². The number of azo groups is 1. The summed E-state index contributed by atoms with van der Waals surface area (Å²) in [7, 11) is 0. The van der Waals surface area contributed by atoms with Gasteiger partial charge in [0.2, 0.25) is 0 Å². The van der Waals surface area contributed by atoms with Crippen LogP contribution >= 0.6 is 24.0 Å². The minimum absolute atomic E-state index is 0.0569. The van der Waals surface area contributed by atoms with E-state index >= 15 is 0 Å². The van der Waals surface area contributed by atoms with Crippen LogP contribution in [0.2, 0.25) is 0 Å². The Hall–Kier alpha value is -5.96. The molecule has 5 aromatic carbocycles. The topological polar surface area (TPSA) is 141 Å². The third-order valence-electron chi connectivity index (χ3n) is 8.76. The zero-order valence-electron chi connectivity index (χ0n) is 30.2. The number of hydrogen-bond acceptors (Lipinski definition) is 12. The first-order chi connectivity index (χ1) is 27.0. The first-order valence-corrected chi connectivity index (χ1v) is 19.5. The minimum atomic E-state index is -0.401. The summed E-state index contributed by atoms with van der Waals surface area (Å²) in [5.41, 5.74) is 10.4. The molecule has 1 aliphatic rings. The molecule has 4 N–H and O–H groups in total. The van der Waals surface area contributed by atoms with Crippen molar-refractivity contribution in [2.75, 3.05) is 15.4 Å². The molecule has 6 aromatic rings. The maximum Gasteiger partial charge on any atom is 0.253 e. The Morgan fingerprint density at radius 3 is 2.24 bits per heavy atom. The molecule has 1 aromatic heterocycles. The fourth-order valence-electron chi connectivity index (χ4n) is 5.86. The van der Waals surface area contributed by atoms with Crippen molar-refractivity contribution >= 4 is 58.6 Å². The molecule has 0 saturated carbocycles. The summed E-state index contributed by atoms with van der Waals surface area (Å²) in [6, 6.07) is 41.9. The van der Waals surface area contributed by atoms with E-state index in [0.717, 1.165) is 46.9 Å². The number of carbonyl (C=O) groups is 1. The van der Waals surface area contributed by atoms with E-state index in [1.54, 1.807) is 28.9 Å². The molecule has 1 unspecified atom stereocenters. The van der Waals surface area contributed by atoms with Crippen LogP contribution in [0.15, 0.2) is 149 Å². The van der Waals surface area contributed by atoms with Crippen molar-refractivity contribution in [2.45, 2.75) is 49.7 Å². The number of ether oxygens (including phenoxy) is 1. The molecule has 1 aliphatic heterocycles. The molecule has 0 fully saturated rings. The Bertz CT molecular complexity index is 2210. The highest BCUT2D eigenvalue weighted by atomic mass is 32.2. The fourth-order valence-corrected chi connectivity index (χ4v) is 7.43. The number of fused-ring (bicyclic) bond motifs is 1. The lowest BCUT2D eigenvalue weighted by Crippen LogP contribution is -2.43. The molecule has 2 heterocycles. The van der Waals surface area contributed by atoms with Gasteiger partial charge in [-0.05, 0) is 60.9 Å². The summed E-state index contributed by atoms with van der Waals surface area (Å²) in [5.74, 6) is 1.50. The fraction of sp³-hybridized carbons (Fsp3) is 0.171. The summed E-state index contributed by atoms with van der Waals surface area (Å²) < 4.78 is 16.6. The average molecular weight is 773 g/mol. The van der Waals surface area contributed by atoms with Crippen LogP contribution < -0.4 is 30.3 Å². The highest BCUT2D eigenvalue weighted by Gasteiger charge is 2.34. The van der Waals surface area contributed by atoms with Gasteiger partial charge in [0.1, 0.15) is 11.4 Å². The largest absolute Gasteiger partial charge is 0.488 e. The summed E-state index contributed by atoms with van der Waals surface area (Å²) in [6.45, 7) is 4.74. The Labute approximate surface area is 328 Å². The Morgan fingerprint density at radius 1 is 0.891 bits per heavy atom. The quantitative estimate of drug-likeness (QED) is 0.0217. The smallest absolute Gasteiger partial charge is 0.253 e. The van der Waals surface area contributed by atoms with Gasteiger partial charge in [-0.15, -0.1) is 15.3 Å². The Balaban J connectivity index is 1.23. The van der Waals surface area contributed by atoms with E-state index in [1.165, 1.54) is 11.8 Å². The number of nitrogen functional groups attached to an aromatic ring is 1. The van der Waals surface area contributed by atoms with Crippen molar-refractivity contribution in [1.82, 2.24) is 15.1 Å². The molecule has 0 aliphatic carbocycles. The number of benzene rings is 5. The molecule has 55 heavy (non-hydrogen) atoms. The van der Waals surface area contributed by atoms with Crippen LogP contribution in [0.25, 0.3) is 5.69 Å². The molecule has 1 atom stereocenters. The maximum atomic E-state index is 13.4. The molecule has 0 radical (unpaired) electrons. The first-order valence-electron chi connectivity index (χ1n) is 17.9. The van der Waals surface area contributed by atoms with Gasteiger partial charge in [-0.25, -0.2) is 4.68 Å². The number of hydrogen-bond donors (Lipinski definition) is 3. The van der Waals surface area contributed by atoms with E-state index in [2.05, 4.69) is 46.0 Å². The molecule has 0 spiro atoms. The lowest BCUT2D eigenvalue weighted by atomic mass is 10.1. The van der Waals surface area contributed by atoms with Crippen molar-refractivity contribution in [3.05, 3.63) is 145 Å². The second kappa shape index (κ2) is 17.9. The molecule has 12 nitrogen and oxygen atoms in total. The van der Waals surface area contributed by atoms with Crippen LogP contribution in [0.1, 0.15) is 42.6 Å². The maximum absolute atomic E-state index is 13.4. The second-order valence-electron chi connectivity index (χ2n) is 12.4. The average Bonchev–Trinajstić information content (AvgIpc) is 3.73. The van der Waals surface area contributed by atoms with Crippen LogP contribution in [0.5, 0.6) is 11.5 Å². The van der Waals surface area contributed by atoms with Gasteiger partial charge < -0.3 is 25.6 Å². The number of aromatic nitrogens is 2. The number of nitrogens with zero attached hydrogens (tertiary/aromatic N) is 5. The predicted octanol–water partition coefficient (Wildman–Crippen LogP) is 10.2. The molecule has 7 rings (SSSR count). The van der Waals surface area contributed by atoms with Crippen LogP contribution in [0.4, 0.5) is 28.7 Å². The monoisotopic (exact) mass is 772 g/mol. The van der Waals surface area contributed by atoms with Crippen molar-refractivity contribution in [3.63, 3.8) is 0 Å². The molecular weight excluding hydrogens is 733 g/mol. The van der Waals surface area contributed by atoms with Gasteiger partial charge in [0, 0.05) is 23.1 Å². The number of para-hydroxylation sites is 2. The minimum Gasteiger partial charge on any atom is -0.488 e. The van der Waals surface area contributed by atoms with Crippen molar-refractivity contribution in [1.29, 1.82) is 0 Å². The highest BCUT2D eigenvalue weighted by Crippen LogP contribution is 2.49. The molecular formula is C41H40N8O4S2. The molecule has 0 saturated heterocycles. The SMILES string of the molecule is CCC(CC)Oc1cc2c(cc1N=Nc1c(NSOOc3ccccc3)nn(-c3ccccc3)c1N)SC(NC(=O)c1ccccc1)N2Cc1ccccc1. The van der Waals surface area contributed by atoms with E-state index < -0.39 is 5.50 Å². The van der Waals surface area contributed by atoms with Crippen molar-refractivity contribution < 1.29 is 18.8 Å². The van der Waals surface area contributed by atoms with Crippen LogP contribution in [0.3, 0.4) is 0 Å². The lowest BCUT2D eigenvalue weighted by Gasteiger charge is -2.28. The molecule has 14 heteroatoms. The number of amides is 1. The predicted molar refractivity (Wildman–Crippen MR) is 219 cm³/mol. The second-order valence-corrected chi connectivity index (χ2v) is 14.1. The van der Waals surface area contributed by atoms with Gasteiger partial charge in [-0.3, -0.25) is 9.52 Å². The third kappa shape index (κ3) is 9.06. The number of carbonyl (C=O) groups excluding carboxylic acids is 1. The van der Waals surface area contributed by atoms with Gasteiger partial charge in [-0.2, -0.15) is 0 Å². The first kappa shape index (κ1) is 37.4. The molecule has 1 amide bonds. The number of nitrogens with one attached hydrogen (secondary N) is 2. The summed E-state index contributed by atoms with van der Waals surface area (Å²) in [5, 5.41) is 17.3. The number of rotatable bonds is 16. The normalized spacial score (nSPS) is 13.6. The van der Waals surface area contributed by atoms with E-state index in [0.29, 0.717) is 40.8 Å². The van der Waals surface area contributed by atoms with Crippen LogP contribution in [-0.4, -0.2) is 27.3 Å². The van der Waals surface area contributed by atoms with E-state index in [1.807, 2.05) is 97.1 Å². The van der Waals surface area contributed by atoms with Gasteiger partial charge in [0.05, 0.1) is 17.5 Å². The van der Waals surface area contributed by atoms with E-state index in [9.17, 15) is 4.79 Å². The zero-order valence-corrected chi connectivity index (χ0v) is 31.9. The summed E-state index contributed by atoms with van der Waals surface area (Å²) >= 11 is 2.35. The summed E-state index contributed by atoms with van der Waals surface area (Å²) in [4.78, 5) is 21.9. The Morgan fingerprint density at radius 2 is 1.55 bits per heavy atom. The van der Waals surface area contributed by atoms with Crippen molar-refractivity contribution in [3.8, 4) is 17.2 Å². The van der Waals surface area contributed by atoms with Crippen LogP contribution in [-0.2, 0) is 10.9 Å². The molecule has 280 valence electrons. The molecule has 0 bridgehead atoms. The van der Waals surface area contributed by atoms with Crippen molar-refractivity contribution in [2.24, 2.45) is 10.2 Å². The van der Waals surface area contributed by atoms with Gasteiger partial charge in [0.15, 0.2) is 40.8 Å². The lowest BCUT2D eigenvalue weighted by molar-refractivity contribution is -0.0771. The van der Waals surface area contributed by atoms with E-state index in [4.69, 9.17) is 29.9 Å². The van der Waals surface area contributed by atoms with E-state index in [-0.39, 0.29) is 17.8 Å². The van der Waals surface area contributed by atoms with Gasteiger partial charge >= 0.3 is 0 Å². The summed E-state index contributed by atoms with van der Waals surface area (Å²) in [6.07, 6.45) is 1.55.